The Balaban J connectivity index is 1.84. The first-order chi connectivity index (χ1) is 9.56. The van der Waals surface area contributed by atoms with E-state index in [0.717, 1.165) is 18.7 Å². The number of hydrogen-bond acceptors (Lipinski definition) is 4. The minimum Gasteiger partial charge on any atom is -0.393 e. The smallest absolute Gasteiger partial charge is 0.254 e. The van der Waals surface area contributed by atoms with E-state index >= 15 is 0 Å². The van der Waals surface area contributed by atoms with Crippen molar-refractivity contribution >= 4 is 11.7 Å². The minimum absolute atomic E-state index is 0.0786. The summed E-state index contributed by atoms with van der Waals surface area (Å²) < 4.78 is 0. The lowest BCUT2D eigenvalue weighted by molar-refractivity contribution is 0.0287. The molecule has 20 heavy (non-hydrogen) atoms. The predicted molar refractivity (Wildman–Crippen MR) is 76.8 cm³/mol. The first-order valence-electron chi connectivity index (χ1n) is 7.20. The summed E-state index contributed by atoms with van der Waals surface area (Å²) in [5.41, 5.74) is 0.692. The molecule has 0 spiro atoms. The Morgan fingerprint density at radius 1 is 1.35 bits per heavy atom. The van der Waals surface area contributed by atoms with Crippen molar-refractivity contribution in [1.82, 2.24) is 9.88 Å². The molecule has 3 rings (SSSR count). The topological polar surface area (TPSA) is 56.7 Å². The molecule has 0 aliphatic carbocycles. The summed E-state index contributed by atoms with van der Waals surface area (Å²) >= 11 is 0. The van der Waals surface area contributed by atoms with E-state index in [2.05, 4.69) is 4.98 Å². The fourth-order valence-electron chi connectivity index (χ4n) is 3.42. The fraction of sp³-hybridized carbons (Fsp3) is 0.600. The normalized spacial score (nSPS) is 28.6. The third-order valence-corrected chi connectivity index (χ3v) is 4.39. The Hall–Kier alpha value is -1.62. The number of hydrogen-bond donors (Lipinski definition) is 1. The van der Waals surface area contributed by atoms with Gasteiger partial charge in [-0.15, -0.1) is 0 Å². The number of carbonyl (C=O) groups excluding carboxylic acids is 1. The molecule has 3 heterocycles. The second-order valence-electron chi connectivity index (χ2n) is 6.02. The van der Waals surface area contributed by atoms with Crippen LogP contribution in [0.1, 0.15) is 36.0 Å². The number of piperidine rings is 1. The molecule has 1 aromatic rings. The van der Waals surface area contributed by atoms with Crippen LogP contribution in [0, 0.1) is 0 Å². The molecule has 5 heteroatoms. The van der Waals surface area contributed by atoms with Gasteiger partial charge in [-0.1, -0.05) is 0 Å². The van der Waals surface area contributed by atoms with E-state index in [4.69, 9.17) is 0 Å². The Kier molecular flexibility index (Phi) is 3.38. The summed E-state index contributed by atoms with van der Waals surface area (Å²) in [5.74, 6) is 0.871. The number of rotatable bonds is 2. The Labute approximate surface area is 119 Å². The molecule has 1 aromatic heterocycles. The Morgan fingerprint density at radius 3 is 2.60 bits per heavy atom. The van der Waals surface area contributed by atoms with Crippen LogP contribution in [0.15, 0.2) is 18.3 Å². The van der Waals surface area contributed by atoms with Crippen LogP contribution in [-0.4, -0.2) is 53.2 Å². The number of pyridine rings is 1. The Morgan fingerprint density at radius 2 is 2.00 bits per heavy atom. The van der Waals surface area contributed by atoms with E-state index in [-0.39, 0.29) is 24.1 Å². The van der Waals surface area contributed by atoms with E-state index in [1.807, 2.05) is 30.0 Å². The molecular formula is C15H21N3O2. The van der Waals surface area contributed by atoms with E-state index in [9.17, 15) is 9.90 Å². The maximum atomic E-state index is 12.7. The highest BCUT2D eigenvalue weighted by molar-refractivity contribution is 5.95. The number of aromatic nitrogens is 1. The van der Waals surface area contributed by atoms with E-state index in [0.29, 0.717) is 18.4 Å². The van der Waals surface area contributed by atoms with Crippen LogP contribution in [0.5, 0.6) is 0 Å². The molecule has 2 aliphatic heterocycles. The Bertz CT molecular complexity index is 504. The molecule has 108 valence electrons. The van der Waals surface area contributed by atoms with Crippen LogP contribution < -0.4 is 4.90 Å². The maximum absolute atomic E-state index is 12.7. The molecule has 2 aliphatic rings. The molecule has 0 saturated carbocycles. The van der Waals surface area contributed by atoms with Crippen LogP contribution in [0.4, 0.5) is 5.82 Å². The lowest BCUT2D eigenvalue weighted by atomic mass is 9.99. The fourth-order valence-corrected chi connectivity index (χ4v) is 3.42. The molecule has 2 fully saturated rings. The quantitative estimate of drug-likeness (QED) is 0.883. The van der Waals surface area contributed by atoms with E-state index in [1.165, 1.54) is 0 Å². The molecular weight excluding hydrogens is 254 g/mol. The predicted octanol–water partition coefficient (Wildman–Crippen LogP) is 1.28. The van der Waals surface area contributed by atoms with Crippen LogP contribution in [-0.2, 0) is 0 Å². The summed E-state index contributed by atoms with van der Waals surface area (Å²) in [7, 11) is 3.83. The number of nitrogens with zero attached hydrogens (tertiary/aromatic N) is 3. The maximum Gasteiger partial charge on any atom is 0.254 e. The SMILES string of the molecule is CN(C)c1cc(C(=O)N2C3CCC2CC(O)C3)ccn1. The first kappa shape index (κ1) is 13.4. The zero-order chi connectivity index (χ0) is 14.3. The van der Waals surface area contributed by atoms with Crippen LogP contribution in [0.3, 0.4) is 0 Å². The van der Waals surface area contributed by atoms with Gasteiger partial charge < -0.3 is 14.9 Å². The number of anilines is 1. The van der Waals surface area contributed by atoms with Gasteiger partial charge in [-0.05, 0) is 37.8 Å². The van der Waals surface area contributed by atoms with Gasteiger partial charge in [0.05, 0.1) is 6.10 Å². The first-order valence-corrected chi connectivity index (χ1v) is 7.20. The van der Waals surface area contributed by atoms with Crippen molar-refractivity contribution in [2.45, 2.75) is 43.9 Å². The second-order valence-corrected chi connectivity index (χ2v) is 6.02. The van der Waals surface area contributed by atoms with E-state index in [1.54, 1.807) is 12.3 Å². The van der Waals surface area contributed by atoms with Gasteiger partial charge in [0.15, 0.2) is 0 Å². The van der Waals surface area contributed by atoms with Gasteiger partial charge >= 0.3 is 0 Å². The standard InChI is InChI=1S/C15H21N3O2/c1-17(2)14-7-10(5-6-16-14)15(20)18-11-3-4-12(18)9-13(19)8-11/h5-7,11-13,19H,3-4,8-9H2,1-2H3. The van der Waals surface area contributed by atoms with Crippen molar-refractivity contribution < 1.29 is 9.90 Å². The van der Waals surface area contributed by atoms with E-state index < -0.39 is 0 Å². The average Bonchev–Trinajstić information content (AvgIpc) is 2.70. The summed E-state index contributed by atoms with van der Waals surface area (Å²) in [6.07, 6.45) is 4.90. The van der Waals surface area contributed by atoms with Gasteiger partial charge in [-0.25, -0.2) is 4.98 Å². The zero-order valence-electron chi connectivity index (χ0n) is 12.0. The number of aliphatic hydroxyl groups is 1. The zero-order valence-corrected chi connectivity index (χ0v) is 12.0. The van der Waals surface area contributed by atoms with Crippen LogP contribution in [0.25, 0.3) is 0 Å². The van der Waals surface area contributed by atoms with Crippen molar-refractivity contribution in [3.63, 3.8) is 0 Å². The summed E-state index contributed by atoms with van der Waals surface area (Å²) in [5, 5.41) is 9.82. The van der Waals surface area contributed by atoms with Gasteiger partial charge in [-0.3, -0.25) is 4.79 Å². The molecule has 2 atom stereocenters. The average molecular weight is 275 g/mol. The third-order valence-electron chi connectivity index (χ3n) is 4.39. The number of fused-ring (bicyclic) bond motifs is 2. The van der Waals surface area contributed by atoms with Crippen molar-refractivity contribution in [2.24, 2.45) is 0 Å². The molecule has 1 amide bonds. The van der Waals surface area contributed by atoms with Gasteiger partial charge in [0.25, 0.3) is 5.91 Å². The van der Waals surface area contributed by atoms with Crippen molar-refractivity contribution in [3.05, 3.63) is 23.9 Å². The largest absolute Gasteiger partial charge is 0.393 e. The number of carbonyl (C=O) groups is 1. The lowest BCUT2D eigenvalue weighted by Crippen LogP contribution is -2.48. The highest BCUT2D eigenvalue weighted by atomic mass is 16.3. The van der Waals surface area contributed by atoms with Crippen LogP contribution in [0.2, 0.25) is 0 Å². The van der Waals surface area contributed by atoms with Gasteiger partial charge in [-0.2, -0.15) is 0 Å². The number of amides is 1. The molecule has 2 bridgehead atoms. The van der Waals surface area contributed by atoms with Crippen molar-refractivity contribution in [2.75, 3.05) is 19.0 Å². The molecule has 2 saturated heterocycles. The third kappa shape index (κ3) is 2.26. The van der Waals surface area contributed by atoms with Crippen molar-refractivity contribution in [3.8, 4) is 0 Å². The highest BCUT2D eigenvalue weighted by Gasteiger charge is 2.42. The molecule has 0 aromatic carbocycles. The van der Waals surface area contributed by atoms with Gasteiger partial charge in [0.2, 0.25) is 0 Å². The monoisotopic (exact) mass is 275 g/mol. The second kappa shape index (κ2) is 5.05. The summed E-state index contributed by atoms with van der Waals surface area (Å²) in [6, 6.07) is 4.02. The molecule has 0 radical (unpaired) electrons. The van der Waals surface area contributed by atoms with Crippen LogP contribution >= 0.6 is 0 Å². The molecule has 5 nitrogen and oxygen atoms in total. The molecule has 1 N–H and O–H groups in total. The van der Waals surface area contributed by atoms with Gasteiger partial charge in [0, 0.05) is 37.9 Å². The van der Waals surface area contributed by atoms with Gasteiger partial charge in [0.1, 0.15) is 5.82 Å². The number of aliphatic hydroxyl groups excluding tert-OH is 1. The summed E-state index contributed by atoms with van der Waals surface area (Å²) in [6.45, 7) is 0. The van der Waals surface area contributed by atoms with Crippen molar-refractivity contribution in [1.29, 1.82) is 0 Å². The lowest BCUT2D eigenvalue weighted by Gasteiger charge is -2.37. The minimum atomic E-state index is -0.244. The summed E-state index contributed by atoms with van der Waals surface area (Å²) in [4.78, 5) is 20.9. The highest BCUT2D eigenvalue weighted by Crippen LogP contribution is 2.36. The molecule has 2 unspecified atom stereocenters.